The lowest BCUT2D eigenvalue weighted by Crippen LogP contribution is -2.53. The van der Waals surface area contributed by atoms with Gasteiger partial charge in [0.2, 0.25) is 0 Å². The molecule has 0 spiro atoms. The first-order valence-electron chi connectivity index (χ1n) is 6.92. The third-order valence-electron chi connectivity index (χ3n) is 4.08. The van der Waals surface area contributed by atoms with Crippen LogP contribution in [-0.2, 0) is 9.53 Å². The zero-order valence-electron chi connectivity index (χ0n) is 11.6. The standard InChI is InChI=1S/C14H22FNO3/c1-9(2)13(15)14(18)16-6-7-19-8-11(16)10-4-3-5-12(10)17/h10-12,17H,3-8H2,1-2H3/t10-,11+,12-/m0/s1. The highest BCUT2D eigenvalue weighted by Gasteiger charge is 2.40. The number of hydrogen-bond donors (Lipinski definition) is 1. The molecule has 1 amide bonds. The van der Waals surface area contributed by atoms with Gasteiger partial charge in [0.05, 0.1) is 25.4 Å². The van der Waals surface area contributed by atoms with E-state index in [2.05, 4.69) is 0 Å². The largest absolute Gasteiger partial charge is 0.393 e. The van der Waals surface area contributed by atoms with Gasteiger partial charge < -0.3 is 14.7 Å². The molecule has 1 heterocycles. The van der Waals surface area contributed by atoms with Gasteiger partial charge >= 0.3 is 0 Å². The van der Waals surface area contributed by atoms with Gasteiger partial charge in [-0.25, -0.2) is 4.39 Å². The minimum absolute atomic E-state index is 0.00853. The number of rotatable bonds is 2. The Morgan fingerprint density at radius 2 is 2.11 bits per heavy atom. The van der Waals surface area contributed by atoms with E-state index < -0.39 is 17.8 Å². The monoisotopic (exact) mass is 271 g/mol. The number of nitrogens with zero attached hydrogens (tertiary/aromatic N) is 1. The Morgan fingerprint density at radius 3 is 2.68 bits per heavy atom. The van der Waals surface area contributed by atoms with E-state index in [4.69, 9.17) is 4.74 Å². The van der Waals surface area contributed by atoms with Gasteiger partial charge in [-0.05, 0) is 32.3 Å². The molecule has 1 saturated heterocycles. The Labute approximate surface area is 113 Å². The van der Waals surface area contributed by atoms with Crippen molar-refractivity contribution in [1.82, 2.24) is 4.90 Å². The van der Waals surface area contributed by atoms with Crippen LogP contribution in [0, 0.1) is 5.92 Å². The van der Waals surface area contributed by atoms with E-state index in [-0.39, 0.29) is 12.0 Å². The summed E-state index contributed by atoms with van der Waals surface area (Å²) in [5, 5.41) is 9.99. The lowest BCUT2D eigenvalue weighted by molar-refractivity contribution is -0.141. The fourth-order valence-corrected chi connectivity index (χ4v) is 2.99. The van der Waals surface area contributed by atoms with Crippen LogP contribution in [0.2, 0.25) is 0 Å². The minimum Gasteiger partial charge on any atom is -0.393 e. The summed E-state index contributed by atoms with van der Waals surface area (Å²) in [6.45, 7) is 4.40. The van der Waals surface area contributed by atoms with Gasteiger partial charge in [-0.15, -0.1) is 0 Å². The van der Waals surface area contributed by atoms with E-state index in [1.165, 1.54) is 0 Å². The Morgan fingerprint density at radius 1 is 1.37 bits per heavy atom. The molecule has 1 saturated carbocycles. The van der Waals surface area contributed by atoms with Crippen molar-refractivity contribution in [2.75, 3.05) is 19.8 Å². The van der Waals surface area contributed by atoms with Crippen molar-refractivity contribution < 1.29 is 19.0 Å². The first-order chi connectivity index (χ1) is 9.02. The molecule has 108 valence electrons. The maximum atomic E-state index is 13.8. The lowest BCUT2D eigenvalue weighted by atomic mass is 9.94. The molecule has 0 aromatic rings. The zero-order valence-corrected chi connectivity index (χ0v) is 11.6. The van der Waals surface area contributed by atoms with Gasteiger partial charge in [0.25, 0.3) is 5.91 Å². The Hall–Kier alpha value is -0.940. The molecule has 1 aliphatic carbocycles. The van der Waals surface area contributed by atoms with Crippen molar-refractivity contribution in [1.29, 1.82) is 0 Å². The van der Waals surface area contributed by atoms with E-state index in [1.54, 1.807) is 18.7 Å². The molecule has 3 atom stereocenters. The number of morpholine rings is 1. The van der Waals surface area contributed by atoms with Gasteiger partial charge in [0.15, 0.2) is 5.83 Å². The van der Waals surface area contributed by atoms with Gasteiger partial charge in [0, 0.05) is 12.5 Å². The van der Waals surface area contributed by atoms with Crippen molar-refractivity contribution in [2.45, 2.75) is 45.3 Å². The van der Waals surface area contributed by atoms with Crippen LogP contribution in [0.5, 0.6) is 0 Å². The van der Waals surface area contributed by atoms with E-state index in [9.17, 15) is 14.3 Å². The summed E-state index contributed by atoms with van der Waals surface area (Å²) in [7, 11) is 0. The maximum Gasteiger partial charge on any atom is 0.282 e. The summed E-state index contributed by atoms with van der Waals surface area (Å²) in [5.41, 5.74) is 0.391. The van der Waals surface area contributed by atoms with E-state index >= 15 is 0 Å². The quantitative estimate of drug-likeness (QED) is 0.777. The predicted molar refractivity (Wildman–Crippen MR) is 69.1 cm³/mol. The van der Waals surface area contributed by atoms with Crippen molar-refractivity contribution >= 4 is 5.91 Å². The summed E-state index contributed by atoms with van der Waals surface area (Å²) in [4.78, 5) is 13.7. The number of carbonyl (C=O) groups is 1. The summed E-state index contributed by atoms with van der Waals surface area (Å²) in [6.07, 6.45) is 2.18. The van der Waals surface area contributed by atoms with E-state index in [1.807, 2.05) is 0 Å². The number of aliphatic hydroxyl groups is 1. The van der Waals surface area contributed by atoms with Crippen molar-refractivity contribution in [3.05, 3.63) is 11.4 Å². The first kappa shape index (κ1) is 14.5. The second-order valence-electron chi connectivity index (χ2n) is 5.62. The molecule has 0 unspecified atom stereocenters. The van der Waals surface area contributed by atoms with Crippen LogP contribution in [-0.4, -0.2) is 47.8 Å². The van der Waals surface area contributed by atoms with Crippen molar-refractivity contribution in [2.24, 2.45) is 5.92 Å². The first-order valence-corrected chi connectivity index (χ1v) is 6.92. The Bertz CT molecular complexity index is 379. The SMILES string of the molecule is CC(C)=C(F)C(=O)N1CCOC[C@@H]1[C@@H]1CCC[C@@H]1O. The summed E-state index contributed by atoms with van der Waals surface area (Å²) in [5.74, 6) is -1.24. The third kappa shape index (κ3) is 2.98. The number of carbonyl (C=O) groups excluding carboxylic acids is 1. The molecule has 2 rings (SSSR count). The molecule has 0 bridgehead atoms. The van der Waals surface area contributed by atoms with Gasteiger partial charge in [-0.2, -0.15) is 0 Å². The average molecular weight is 271 g/mol. The molecule has 5 heteroatoms. The predicted octanol–water partition coefficient (Wildman–Crippen LogP) is 1.64. The summed E-state index contributed by atoms with van der Waals surface area (Å²) < 4.78 is 19.3. The van der Waals surface area contributed by atoms with Crippen molar-refractivity contribution in [3.8, 4) is 0 Å². The van der Waals surface area contributed by atoms with Gasteiger partial charge in [-0.1, -0.05) is 6.42 Å². The molecule has 2 aliphatic rings. The Balaban J connectivity index is 2.16. The molecule has 0 aromatic carbocycles. The van der Waals surface area contributed by atoms with Gasteiger partial charge in [-0.3, -0.25) is 4.79 Å². The van der Waals surface area contributed by atoms with Crippen LogP contribution >= 0.6 is 0 Å². The molecular weight excluding hydrogens is 249 g/mol. The second kappa shape index (κ2) is 6.01. The van der Waals surface area contributed by atoms with Crippen LogP contribution < -0.4 is 0 Å². The molecule has 0 radical (unpaired) electrons. The molecule has 1 N–H and O–H groups in total. The van der Waals surface area contributed by atoms with Crippen LogP contribution in [0.15, 0.2) is 11.4 Å². The fourth-order valence-electron chi connectivity index (χ4n) is 2.99. The highest BCUT2D eigenvalue weighted by Crippen LogP contribution is 2.33. The molecule has 4 nitrogen and oxygen atoms in total. The molecule has 1 aliphatic heterocycles. The second-order valence-corrected chi connectivity index (χ2v) is 5.62. The molecule has 19 heavy (non-hydrogen) atoms. The number of amides is 1. The van der Waals surface area contributed by atoms with Crippen LogP contribution in [0.25, 0.3) is 0 Å². The lowest BCUT2D eigenvalue weighted by Gasteiger charge is -2.39. The highest BCUT2D eigenvalue weighted by molar-refractivity contribution is 5.92. The van der Waals surface area contributed by atoms with E-state index in [0.29, 0.717) is 25.3 Å². The number of halogens is 1. The minimum atomic E-state index is -0.681. The number of aliphatic hydroxyl groups excluding tert-OH is 1. The smallest absolute Gasteiger partial charge is 0.282 e. The topological polar surface area (TPSA) is 49.8 Å². The highest BCUT2D eigenvalue weighted by atomic mass is 19.1. The molecule has 2 fully saturated rings. The molecule has 0 aromatic heterocycles. The Kier molecular flexibility index (Phi) is 4.58. The van der Waals surface area contributed by atoms with Crippen LogP contribution in [0.4, 0.5) is 4.39 Å². The van der Waals surface area contributed by atoms with E-state index in [0.717, 1.165) is 19.3 Å². The molecular formula is C14H22FNO3. The maximum absolute atomic E-state index is 13.8. The van der Waals surface area contributed by atoms with Crippen LogP contribution in [0.3, 0.4) is 0 Å². The average Bonchev–Trinajstić information content (AvgIpc) is 2.83. The number of ether oxygens (including phenoxy) is 1. The number of allylic oxidation sites excluding steroid dienone is 1. The zero-order chi connectivity index (χ0) is 14.0. The summed E-state index contributed by atoms with van der Waals surface area (Å²) >= 11 is 0. The van der Waals surface area contributed by atoms with Crippen molar-refractivity contribution in [3.63, 3.8) is 0 Å². The fraction of sp³-hybridized carbons (Fsp3) is 0.786. The van der Waals surface area contributed by atoms with Gasteiger partial charge in [0.1, 0.15) is 0 Å². The number of hydrogen-bond acceptors (Lipinski definition) is 3. The van der Waals surface area contributed by atoms with Crippen LogP contribution in [0.1, 0.15) is 33.1 Å². The summed E-state index contributed by atoms with van der Waals surface area (Å²) in [6, 6.07) is -0.205. The normalized spacial score (nSPS) is 31.4. The third-order valence-corrected chi connectivity index (χ3v) is 4.08.